The minimum Gasteiger partial charge on any atom is -0.464 e. The van der Waals surface area contributed by atoms with Crippen molar-refractivity contribution in [2.24, 2.45) is 0 Å². The summed E-state index contributed by atoms with van der Waals surface area (Å²) in [6.45, 7) is 0. The number of hydrogen-bond donors (Lipinski definition) is 2. The van der Waals surface area contributed by atoms with Crippen molar-refractivity contribution < 1.29 is 54.5 Å². The molecule has 13 aromatic carbocycles. The van der Waals surface area contributed by atoms with Crippen LogP contribution >= 0.6 is 15.9 Å². The Bertz CT molecular complexity index is 6420. The van der Waals surface area contributed by atoms with E-state index >= 15 is 0 Å². The lowest BCUT2D eigenvalue weighted by Crippen LogP contribution is -2.31. The molecule has 2 N–H and O–H groups in total. The average Bonchev–Trinajstić information content (AvgIpc) is 0.924. The summed E-state index contributed by atoms with van der Waals surface area (Å²) in [5.41, 5.74) is 5.93. The van der Waals surface area contributed by atoms with Crippen LogP contribution in [0, 0.1) is 0 Å². The Balaban J connectivity index is 0.000000154. The lowest BCUT2D eigenvalue weighted by atomic mass is 9.72. The van der Waals surface area contributed by atoms with Gasteiger partial charge < -0.3 is 18.9 Å². The number of rotatable bonds is 8. The Kier molecular flexibility index (Phi) is 8.96. The van der Waals surface area contributed by atoms with Crippen LogP contribution in [0.5, 0.6) is 0 Å². The Morgan fingerprint density at radius 1 is 0.395 bits per heavy atom. The van der Waals surface area contributed by atoms with Crippen LogP contribution in [-0.4, -0.2) is 17.2 Å². The molecule has 410 valence electrons. The second-order valence-electron chi connectivity index (χ2n) is 19.6. The van der Waals surface area contributed by atoms with Crippen molar-refractivity contribution in [3.8, 4) is 66.8 Å². The lowest BCUT2D eigenvalue weighted by Gasteiger charge is -2.19. The van der Waals surface area contributed by atoms with E-state index in [2.05, 4.69) is 15.9 Å². The lowest BCUT2D eigenvalue weighted by molar-refractivity contribution is 0.426. The van der Waals surface area contributed by atoms with E-state index in [-0.39, 0.29) is 106 Å². The molecule has 6 heteroatoms. The fourth-order valence-electron chi connectivity index (χ4n) is 11.0. The minimum absolute atomic E-state index is 0.00712. The molecule has 0 amide bonds. The summed E-state index contributed by atoms with van der Waals surface area (Å²) in [7, 11) is -2.28. The van der Waals surface area contributed by atoms with Crippen LogP contribution in [0.4, 0.5) is 0 Å². The van der Waals surface area contributed by atoms with Crippen molar-refractivity contribution in [1.29, 1.82) is 0 Å². The summed E-state index contributed by atoms with van der Waals surface area (Å²) >= 11 is 3.38. The van der Waals surface area contributed by atoms with Crippen LogP contribution in [0.25, 0.3) is 132 Å². The largest absolute Gasteiger partial charge is 0.489 e. The van der Waals surface area contributed by atoms with Crippen molar-refractivity contribution in [3.63, 3.8) is 0 Å². The number of hydrogen-bond acceptors (Lipinski definition) is 4. The fourth-order valence-corrected chi connectivity index (χ4v) is 11.4. The SMILES string of the molecule is [2H]C1=C([2H])C([2H])C(c2ccc3occ(Br)c3c2)C([2H])=C1[2H].[2H]c1c([2H])c([2H])c(-c2ccc3occ(-c4c5c([2H])c([2H])c([2H])c([2H])c5c(-c5ccccc5-c5ccccc5)c5c([2H])c([2H])c([2H])c([2H])c45)c3c2)c([2H])c1[2H].[2H]c1c([2H])c([2H])c2c(-c3ccccc3-c3ccccc3)c3c([2H])c([2H])c([2H])c([2H])c3c(B(O)O)c2c1[2H]. The number of allylic oxidation sites excluding steroid dienone is 4. The maximum atomic E-state index is 10.4. The molecule has 2 heterocycles. The molecule has 1 aliphatic rings. The number of furan rings is 2. The van der Waals surface area contributed by atoms with E-state index in [4.69, 9.17) is 39.0 Å². The topological polar surface area (TPSA) is 66.7 Å². The normalized spacial score (nSPS) is 18.4. The van der Waals surface area contributed by atoms with Crippen molar-refractivity contribution in [3.05, 3.63) is 319 Å². The highest BCUT2D eigenvalue weighted by atomic mass is 79.9. The molecule has 0 radical (unpaired) electrons. The van der Waals surface area contributed by atoms with Gasteiger partial charge in [-0.3, -0.25) is 0 Å². The second-order valence-corrected chi connectivity index (χ2v) is 20.5. The molecule has 16 rings (SSSR count). The van der Waals surface area contributed by atoms with Crippen molar-refractivity contribution in [2.75, 3.05) is 0 Å². The summed E-state index contributed by atoms with van der Waals surface area (Å²) in [5.74, 6) is -0.703. The van der Waals surface area contributed by atoms with Crippen LogP contribution < -0.4 is 5.46 Å². The second kappa shape index (κ2) is 23.9. The fraction of sp³-hybridized carbons (Fsp3) is 0.0250. The van der Waals surface area contributed by atoms with Gasteiger partial charge in [-0.25, -0.2) is 0 Å². The van der Waals surface area contributed by atoms with Crippen molar-refractivity contribution in [1.82, 2.24) is 0 Å². The first-order valence-electron chi connectivity index (χ1n) is 39.9. The monoisotopic (exact) mass is 1200 g/mol. The van der Waals surface area contributed by atoms with Gasteiger partial charge in [0.15, 0.2) is 0 Å². The molecule has 4 nitrogen and oxygen atoms in total. The first kappa shape index (κ1) is 32.3. The third-order valence-electron chi connectivity index (χ3n) is 14.8. The molecule has 86 heavy (non-hydrogen) atoms. The quantitative estimate of drug-likeness (QED) is 0.118. The number of halogens is 1. The van der Waals surface area contributed by atoms with Crippen molar-refractivity contribution in [2.45, 2.75) is 12.3 Å². The highest BCUT2D eigenvalue weighted by molar-refractivity contribution is 9.10. The van der Waals surface area contributed by atoms with E-state index in [1.807, 2.05) is 78.9 Å². The standard InChI is InChI=1S/C40H26O.C26H19BO2.C14H11BrO/c1-3-13-27(14-4-1)29-23-24-38-36(25-29)37(26-41-38)40-34-21-11-9-19-32(34)39(33-20-10-12-22-35(33)40)31-18-8-7-17-30(31)28-15-5-2-6-16-28;28-27(29)26-23-16-8-6-14-21(23)25(22-15-7-9-17-24(22)26)20-13-5-4-12-19(20)18-10-2-1-3-11-18;15-13-9-16-14-7-6-11(8-12(13)14)10-4-2-1-3-5-10/h1-26H;1-17,28-29H;1-4,6-10H,5H2/i1D,3D,4D,9D,10D,11D,12D,13D,14D,19D,20D,21D,22D;6D,7D,8D,9D,14D,15D,16D,17D;1D,2D,3D,4D,5D. The predicted octanol–water partition coefficient (Wildman–Crippen LogP) is 21.2. The average molecular weight is 1200 g/mol. The number of fused-ring (bicyclic) bond motifs is 6. The minimum atomic E-state index is -2.28. The third kappa shape index (κ3) is 10.2. The summed E-state index contributed by atoms with van der Waals surface area (Å²) in [5, 5.41) is 21.5. The Morgan fingerprint density at radius 3 is 1.37 bits per heavy atom. The molecule has 0 bridgehead atoms. The molecule has 2 unspecified atom stereocenters. The maximum absolute atomic E-state index is 10.4. The van der Waals surface area contributed by atoms with Crippen LogP contribution in [0.1, 0.15) is 53.5 Å². The van der Waals surface area contributed by atoms with Crippen LogP contribution in [0.15, 0.2) is 323 Å². The van der Waals surface area contributed by atoms with Gasteiger partial charge in [0.2, 0.25) is 0 Å². The number of benzene rings is 13. The molecular formula is C80H56BBrO4. The van der Waals surface area contributed by atoms with Crippen LogP contribution in [-0.2, 0) is 0 Å². The van der Waals surface area contributed by atoms with Gasteiger partial charge in [0.05, 0.1) is 45.0 Å². The van der Waals surface area contributed by atoms with Crippen molar-refractivity contribution >= 4 is 93.5 Å². The van der Waals surface area contributed by atoms with Gasteiger partial charge >= 0.3 is 7.12 Å². The van der Waals surface area contributed by atoms with E-state index in [0.29, 0.717) is 38.8 Å². The highest BCUT2D eigenvalue weighted by Gasteiger charge is 2.25. The first-order valence-corrected chi connectivity index (χ1v) is 27.6. The molecule has 0 saturated heterocycles. The van der Waals surface area contributed by atoms with Gasteiger partial charge in [0, 0.05) is 29.2 Å². The Morgan fingerprint density at radius 2 is 0.837 bits per heavy atom. The zero-order valence-electron chi connectivity index (χ0n) is 70.8. The molecule has 2 aromatic heterocycles. The van der Waals surface area contributed by atoms with Crippen LogP contribution in [0.3, 0.4) is 0 Å². The highest BCUT2D eigenvalue weighted by Crippen LogP contribution is 2.48. The van der Waals surface area contributed by atoms with Gasteiger partial charge in [-0.2, -0.15) is 0 Å². The summed E-state index contributed by atoms with van der Waals surface area (Å²) in [6, 6.07) is 31.3. The summed E-state index contributed by atoms with van der Waals surface area (Å²) in [6.07, 6.45) is 1.87. The Hall–Kier alpha value is -10.1. The smallest absolute Gasteiger partial charge is 0.464 e. The zero-order valence-corrected chi connectivity index (χ0v) is 46.4. The molecular weight excluding hydrogens is 1120 g/mol. The molecule has 1 aliphatic carbocycles. The zero-order chi connectivity index (χ0) is 80.6. The molecule has 0 saturated carbocycles. The Labute approximate surface area is 544 Å². The first-order chi connectivity index (χ1) is 53.2. The maximum Gasteiger partial charge on any atom is 0.489 e. The van der Waals surface area contributed by atoms with Gasteiger partial charge in [-0.15, -0.1) is 0 Å². The van der Waals surface area contributed by atoms with Gasteiger partial charge in [0.25, 0.3) is 0 Å². The molecule has 15 aromatic rings. The van der Waals surface area contributed by atoms with Crippen LogP contribution in [0.2, 0.25) is 0 Å². The molecule has 0 fully saturated rings. The van der Waals surface area contributed by atoms with E-state index in [1.165, 1.54) is 6.26 Å². The van der Waals surface area contributed by atoms with E-state index in [9.17, 15) is 15.5 Å². The molecule has 0 aliphatic heterocycles. The third-order valence-corrected chi connectivity index (χ3v) is 15.4. The summed E-state index contributed by atoms with van der Waals surface area (Å²) < 4.78 is 233. The van der Waals surface area contributed by atoms with E-state index in [0.717, 1.165) is 21.0 Å². The van der Waals surface area contributed by atoms with E-state index in [1.54, 1.807) is 73.0 Å². The predicted molar refractivity (Wildman–Crippen MR) is 365 cm³/mol. The molecule has 2 atom stereocenters. The molecule has 0 spiro atoms. The van der Waals surface area contributed by atoms with Gasteiger partial charge in [-0.05, 0) is 156 Å². The van der Waals surface area contributed by atoms with Gasteiger partial charge in [0.1, 0.15) is 17.4 Å². The van der Waals surface area contributed by atoms with E-state index < -0.39 is 152 Å². The van der Waals surface area contributed by atoms with Gasteiger partial charge in [-0.1, -0.05) is 272 Å². The summed E-state index contributed by atoms with van der Waals surface area (Å²) in [4.78, 5) is 0.